The number of hydrogen-bond acceptors (Lipinski definition) is 6. The number of amides is 2. The van der Waals surface area contributed by atoms with Gasteiger partial charge in [-0.2, -0.15) is 0 Å². The number of aliphatic imine (C=N–C) groups is 1. The van der Waals surface area contributed by atoms with Crippen LogP contribution in [0.1, 0.15) is 56.3 Å². The molecule has 2 heterocycles. The van der Waals surface area contributed by atoms with Gasteiger partial charge in [0.2, 0.25) is 5.91 Å². The predicted molar refractivity (Wildman–Crippen MR) is 149 cm³/mol. The summed E-state index contributed by atoms with van der Waals surface area (Å²) >= 11 is 0. The molecule has 8 nitrogen and oxygen atoms in total. The molecule has 2 aliphatic rings. The maximum absolute atomic E-state index is 13.1. The average molecular weight is 489 g/mol. The Morgan fingerprint density at radius 3 is 2.61 bits per heavy atom. The Morgan fingerprint density at radius 2 is 1.94 bits per heavy atom. The van der Waals surface area contributed by atoms with Crippen LogP contribution in [-0.2, 0) is 4.79 Å². The highest BCUT2D eigenvalue weighted by Crippen LogP contribution is 2.57. The number of nitrogens with one attached hydrogen (secondary N) is 2. The maximum atomic E-state index is 13.1. The van der Waals surface area contributed by atoms with Gasteiger partial charge in [0.15, 0.2) is 0 Å². The molecule has 2 unspecified atom stereocenters. The minimum absolute atomic E-state index is 0. The SMILES string of the molecule is C=Cc1ncc(C(=O)Nc2cc(NC(=O)C3C4CCCC43)cnc2C)cc1/C=C(C)/C(C=NC)=C/N.[HH].[HH]. The molecule has 0 radical (unpaired) electrons. The summed E-state index contributed by atoms with van der Waals surface area (Å²) < 4.78 is 0. The van der Waals surface area contributed by atoms with E-state index in [4.69, 9.17) is 5.73 Å². The second kappa shape index (κ2) is 10.7. The van der Waals surface area contributed by atoms with Crippen molar-refractivity contribution in [1.82, 2.24) is 9.97 Å². The molecule has 2 aromatic rings. The lowest BCUT2D eigenvalue weighted by Gasteiger charge is -2.12. The third-order valence-electron chi connectivity index (χ3n) is 6.99. The van der Waals surface area contributed by atoms with Crippen molar-refractivity contribution in [3.63, 3.8) is 0 Å². The summed E-state index contributed by atoms with van der Waals surface area (Å²) in [5, 5.41) is 5.88. The molecule has 2 aliphatic carbocycles. The highest BCUT2D eigenvalue weighted by Gasteiger charge is 2.56. The van der Waals surface area contributed by atoms with Crippen LogP contribution in [0.3, 0.4) is 0 Å². The fraction of sp³-hybridized carbons (Fsp3) is 0.321. The number of carbonyl (C=O) groups is 2. The molecule has 4 N–H and O–H groups in total. The average Bonchev–Trinajstić information content (AvgIpc) is 3.36. The highest BCUT2D eigenvalue weighted by molar-refractivity contribution is 6.05. The lowest BCUT2D eigenvalue weighted by Crippen LogP contribution is -2.18. The number of pyridine rings is 2. The van der Waals surface area contributed by atoms with Gasteiger partial charge < -0.3 is 16.4 Å². The van der Waals surface area contributed by atoms with Gasteiger partial charge in [-0.15, -0.1) is 0 Å². The van der Waals surface area contributed by atoms with Gasteiger partial charge in [-0.05, 0) is 68.4 Å². The van der Waals surface area contributed by atoms with Crippen LogP contribution in [0.4, 0.5) is 11.4 Å². The molecule has 4 rings (SSSR count). The molecule has 0 spiro atoms. The molecule has 0 aliphatic heterocycles. The minimum Gasteiger partial charge on any atom is -0.404 e. The van der Waals surface area contributed by atoms with E-state index < -0.39 is 0 Å². The van der Waals surface area contributed by atoms with Gasteiger partial charge in [0.1, 0.15) is 0 Å². The number of carbonyl (C=O) groups excluding carboxylic acids is 2. The third-order valence-corrected chi connectivity index (χ3v) is 6.99. The van der Waals surface area contributed by atoms with Crippen LogP contribution in [-0.4, -0.2) is 35.0 Å². The molecular formula is C28H36N6O2. The van der Waals surface area contributed by atoms with Crippen molar-refractivity contribution in [1.29, 1.82) is 0 Å². The molecule has 36 heavy (non-hydrogen) atoms. The van der Waals surface area contributed by atoms with Gasteiger partial charge in [0.25, 0.3) is 5.91 Å². The molecule has 2 amide bonds. The van der Waals surface area contributed by atoms with Crippen molar-refractivity contribution in [3.05, 3.63) is 71.0 Å². The zero-order chi connectivity index (χ0) is 25.8. The van der Waals surface area contributed by atoms with E-state index >= 15 is 0 Å². The molecule has 0 saturated heterocycles. The number of hydrogen-bond donors (Lipinski definition) is 3. The van der Waals surface area contributed by atoms with Crippen molar-refractivity contribution in [2.75, 3.05) is 17.7 Å². The molecule has 2 fully saturated rings. The van der Waals surface area contributed by atoms with Gasteiger partial charge in [-0.1, -0.05) is 13.0 Å². The molecule has 190 valence electrons. The number of fused-ring (bicyclic) bond motifs is 1. The number of aryl methyl sites for hydroxylation is 1. The Hall–Kier alpha value is -4.07. The van der Waals surface area contributed by atoms with Crippen molar-refractivity contribution in [2.45, 2.75) is 33.1 Å². The largest absolute Gasteiger partial charge is 0.404 e. The van der Waals surface area contributed by atoms with Crippen LogP contribution in [0.15, 0.2) is 53.4 Å². The van der Waals surface area contributed by atoms with Gasteiger partial charge in [0, 0.05) is 45.6 Å². The lowest BCUT2D eigenvalue weighted by atomic mass is 10.0. The smallest absolute Gasteiger partial charge is 0.257 e. The minimum atomic E-state index is -0.333. The number of nitrogens with zero attached hydrogens (tertiary/aromatic N) is 3. The van der Waals surface area contributed by atoms with Crippen molar-refractivity contribution in [3.8, 4) is 0 Å². The van der Waals surface area contributed by atoms with Crippen LogP contribution in [0, 0.1) is 24.7 Å². The first-order chi connectivity index (χ1) is 17.4. The second-order valence-corrected chi connectivity index (χ2v) is 9.32. The topological polar surface area (TPSA) is 122 Å². The molecular weight excluding hydrogens is 452 g/mol. The fourth-order valence-corrected chi connectivity index (χ4v) is 4.99. The molecule has 2 atom stereocenters. The zero-order valence-corrected chi connectivity index (χ0v) is 20.9. The Bertz CT molecular complexity index is 1290. The number of rotatable bonds is 8. The van der Waals surface area contributed by atoms with Crippen LogP contribution in [0.2, 0.25) is 0 Å². The van der Waals surface area contributed by atoms with Gasteiger partial charge in [-0.3, -0.25) is 24.5 Å². The standard InChI is InChI=1S/C28H32N6O2.2H2/c1-5-24-18(9-16(2)20(12-29)13-30-4)10-19(14-32-24)27(35)34-25-11-21(15-31-17(25)3)33-28(36)26-22-7-6-8-23(22)26;;/h5,9-15,22-23,26H,1,6-8,29H2,2-4H3,(H,33,36)(H,34,35);2*1H/b16-9+,20-12+,30-13?;;. The van der Waals surface area contributed by atoms with Crippen LogP contribution in [0.25, 0.3) is 12.2 Å². The van der Waals surface area contributed by atoms with E-state index in [9.17, 15) is 9.59 Å². The Labute approximate surface area is 214 Å². The van der Waals surface area contributed by atoms with Gasteiger partial charge >= 0.3 is 0 Å². The van der Waals surface area contributed by atoms with Gasteiger partial charge in [0.05, 0.1) is 34.5 Å². The molecule has 0 aromatic carbocycles. The van der Waals surface area contributed by atoms with Crippen molar-refractivity contribution >= 4 is 41.6 Å². The Kier molecular flexibility index (Phi) is 7.43. The van der Waals surface area contributed by atoms with Crippen LogP contribution < -0.4 is 16.4 Å². The normalized spacial score (nSPS) is 21.2. The maximum Gasteiger partial charge on any atom is 0.257 e. The number of nitrogens with two attached hydrogens (primary N) is 1. The monoisotopic (exact) mass is 488 g/mol. The summed E-state index contributed by atoms with van der Waals surface area (Å²) in [7, 11) is 1.67. The fourth-order valence-electron chi connectivity index (χ4n) is 4.99. The molecule has 0 bridgehead atoms. The van der Waals surface area contributed by atoms with Crippen LogP contribution >= 0.6 is 0 Å². The molecule has 2 aromatic heterocycles. The number of anilines is 2. The van der Waals surface area contributed by atoms with E-state index in [0.717, 1.165) is 29.6 Å². The Balaban J connectivity index is 0.00000253. The van der Waals surface area contributed by atoms with Crippen molar-refractivity contribution < 1.29 is 12.4 Å². The molecule has 8 heteroatoms. The summed E-state index contributed by atoms with van der Waals surface area (Å²) in [6.07, 6.45) is 13.3. The predicted octanol–water partition coefficient (Wildman–Crippen LogP) is 5.10. The van der Waals surface area contributed by atoms with E-state index in [-0.39, 0.29) is 20.6 Å². The molecule has 2 saturated carbocycles. The van der Waals surface area contributed by atoms with Crippen molar-refractivity contribution in [2.24, 2.45) is 28.5 Å². The van der Waals surface area contributed by atoms with Gasteiger partial charge in [-0.25, -0.2) is 0 Å². The quantitative estimate of drug-likeness (QED) is 0.352. The van der Waals surface area contributed by atoms with E-state index in [0.29, 0.717) is 40.2 Å². The summed E-state index contributed by atoms with van der Waals surface area (Å²) in [5.41, 5.74) is 10.8. The number of aromatic nitrogens is 2. The Morgan fingerprint density at radius 1 is 1.19 bits per heavy atom. The summed E-state index contributed by atoms with van der Waals surface area (Å²) in [6.45, 7) is 7.53. The summed E-state index contributed by atoms with van der Waals surface area (Å²) in [6, 6.07) is 3.50. The first-order valence-electron chi connectivity index (χ1n) is 12.1. The summed E-state index contributed by atoms with van der Waals surface area (Å²) in [5.74, 6) is 0.890. The first-order valence-corrected chi connectivity index (χ1v) is 12.1. The highest BCUT2D eigenvalue weighted by atomic mass is 16.2. The third kappa shape index (κ3) is 5.27. The summed E-state index contributed by atoms with van der Waals surface area (Å²) in [4.78, 5) is 38.6. The number of allylic oxidation sites excluding steroid dienone is 2. The second-order valence-electron chi connectivity index (χ2n) is 9.32. The van der Waals surface area contributed by atoms with E-state index in [1.165, 1.54) is 18.8 Å². The first kappa shape index (κ1) is 25.0. The zero-order valence-electron chi connectivity index (χ0n) is 20.9. The van der Waals surface area contributed by atoms with E-state index in [2.05, 4.69) is 32.2 Å². The van der Waals surface area contributed by atoms with E-state index in [1.54, 1.807) is 44.6 Å². The van der Waals surface area contributed by atoms with Crippen LogP contribution in [0.5, 0.6) is 0 Å². The lowest BCUT2D eigenvalue weighted by molar-refractivity contribution is -0.118. The van der Waals surface area contributed by atoms with E-state index in [1.807, 2.05) is 13.0 Å².